The van der Waals surface area contributed by atoms with Gasteiger partial charge in [-0.05, 0) is 36.4 Å². The number of amides is 1. The summed E-state index contributed by atoms with van der Waals surface area (Å²) in [6.07, 6.45) is -1.21. The molecule has 0 aliphatic heterocycles. The third-order valence-corrected chi connectivity index (χ3v) is 5.77. The third kappa shape index (κ3) is 5.11. The highest BCUT2D eigenvalue weighted by Gasteiger charge is 2.31. The van der Waals surface area contributed by atoms with E-state index in [2.05, 4.69) is 30.4 Å². The third-order valence-electron chi connectivity index (χ3n) is 5.58. The van der Waals surface area contributed by atoms with Crippen LogP contribution in [0.5, 0.6) is 0 Å². The molecule has 0 fully saturated rings. The molecule has 0 aliphatic rings. The molecule has 3 N–H and O–H groups in total. The molecule has 9 nitrogen and oxygen atoms in total. The number of nitrogens with zero attached hydrogens (tertiary/aromatic N) is 6. The first-order chi connectivity index (χ1) is 18.1. The molecule has 1 amide bonds. The average Bonchev–Trinajstić information content (AvgIpc) is 3.32. The molecule has 1 aromatic carbocycles. The van der Waals surface area contributed by atoms with Crippen LogP contribution in [0, 0.1) is 0 Å². The number of halogens is 4. The Morgan fingerprint density at radius 1 is 1.08 bits per heavy atom. The molecule has 0 bridgehead atoms. The van der Waals surface area contributed by atoms with Crippen LogP contribution in [0.2, 0.25) is 5.15 Å². The molecular formula is C25H18ClF3N8O. The smallest absolute Gasteiger partial charge is 0.382 e. The zero-order valence-corrected chi connectivity index (χ0v) is 20.4. The number of nitrogens with two attached hydrogens (primary N) is 1. The number of carbonyl (C=O) groups is 1. The summed E-state index contributed by atoms with van der Waals surface area (Å²) in [5, 5.41) is 7.38. The second-order valence-electron chi connectivity index (χ2n) is 8.29. The van der Waals surface area contributed by atoms with E-state index in [0.29, 0.717) is 28.7 Å². The van der Waals surface area contributed by atoms with Crippen molar-refractivity contribution in [3.05, 3.63) is 83.0 Å². The molecule has 4 heterocycles. The molecule has 0 radical (unpaired) electrons. The summed E-state index contributed by atoms with van der Waals surface area (Å²) in [5.74, 6) is -0.925. The number of aromatic nitrogens is 6. The van der Waals surface area contributed by atoms with E-state index >= 15 is 0 Å². The van der Waals surface area contributed by atoms with E-state index in [4.69, 9.17) is 17.3 Å². The maximum atomic E-state index is 13.1. The first kappa shape index (κ1) is 25.1. The van der Waals surface area contributed by atoms with Gasteiger partial charge in [0.25, 0.3) is 5.91 Å². The Labute approximate surface area is 218 Å². The van der Waals surface area contributed by atoms with Crippen LogP contribution in [0.25, 0.3) is 33.5 Å². The SMILES string of the molecule is Cn1ccc(-c2nc(N)c(C(=O)NCc3cc(C(F)(F)F)cc(Cl)n3)nc2-c2ccc3ncccc3c2)n1. The number of pyridine rings is 2. The average molecular weight is 539 g/mol. The Balaban J connectivity index is 1.53. The summed E-state index contributed by atoms with van der Waals surface area (Å²) in [5.41, 5.74) is 7.44. The molecule has 38 heavy (non-hydrogen) atoms. The number of nitrogens with one attached hydrogen (secondary N) is 1. The lowest BCUT2D eigenvalue weighted by molar-refractivity contribution is -0.137. The van der Waals surface area contributed by atoms with Gasteiger partial charge in [-0.25, -0.2) is 15.0 Å². The fourth-order valence-corrected chi connectivity index (χ4v) is 4.05. The van der Waals surface area contributed by atoms with Gasteiger partial charge in [-0.1, -0.05) is 23.7 Å². The van der Waals surface area contributed by atoms with Gasteiger partial charge in [-0.3, -0.25) is 14.5 Å². The number of anilines is 1. The lowest BCUT2D eigenvalue weighted by Crippen LogP contribution is -2.26. The summed E-state index contributed by atoms with van der Waals surface area (Å²) < 4.78 is 41.0. The zero-order chi connectivity index (χ0) is 27.0. The topological polar surface area (TPSA) is 124 Å². The number of rotatable bonds is 5. The number of hydrogen-bond acceptors (Lipinski definition) is 7. The Bertz CT molecular complexity index is 1690. The van der Waals surface area contributed by atoms with Gasteiger partial charge in [0.1, 0.15) is 16.5 Å². The molecule has 4 aromatic heterocycles. The number of carbonyl (C=O) groups excluding carboxylic acids is 1. The summed E-state index contributed by atoms with van der Waals surface area (Å²) >= 11 is 5.74. The van der Waals surface area contributed by atoms with Crippen molar-refractivity contribution in [2.45, 2.75) is 12.7 Å². The largest absolute Gasteiger partial charge is 0.416 e. The van der Waals surface area contributed by atoms with Gasteiger partial charge in [0.2, 0.25) is 0 Å². The molecule has 5 aromatic rings. The van der Waals surface area contributed by atoms with Gasteiger partial charge in [0.15, 0.2) is 11.5 Å². The van der Waals surface area contributed by atoms with Gasteiger partial charge >= 0.3 is 6.18 Å². The van der Waals surface area contributed by atoms with Crippen LogP contribution in [-0.4, -0.2) is 35.6 Å². The van der Waals surface area contributed by atoms with Crippen LogP contribution >= 0.6 is 11.6 Å². The molecule has 13 heteroatoms. The lowest BCUT2D eigenvalue weighted by atomic mass is 10.0. The van der Waals surface area contributed by atoms with E-state index in [1.807, 2.05) is 18.2 Å². The van der Waals surface area contributed by atoms with E-state index in [1.54, 1.807) is 42.3 Å². The second kappa shape index (κ2) is 9.71. The van der Waals surface area contributed by atoms with Crippen molar-refractivity contribution < 1.29 is 18.0 Å². The van der Waals surface area contributed by atoms with Crippen LogP contribution in [-0.2, 0) is 19.8 Å². The van der Waals surface area contributed by atoms with Gasteiger partial charge < -0.3 is 11.1 Å². The fraction of sp³-hybridized carbons (Fsp3) is 0.120. The molecule has 0 unspecified atom stereocenters. The monoisotopic (exact) mass is 538 g/mol. The maximum Gasteiger partial charge on any atom is 0.416 e. The first-order valence-electron chi connectivity index (χ1n) is 11.1. The molecule has 0 saturated heterocycles. The van der Waals surface area contributed by atoms with Crippen LogP contribution in [0.1, 0.15) is 21.7 Å². The number of benzene rings is 1. The van der Waals surface area contributed by atoms with Gasteiger partial charge in [0.05, 0.1) is 29.0 Å². The molecule has 5 rings (SSSR count). The van der Waals surface area contributed by atoms with Crippen molar-refractivity contribution >= 4 is 34.2 Å². The summed E-state index contributed by atoms with van der Waals surface area (Å²) in [6, 6.07) is 12.4. The van der Waals surface area contributed by atoms with E-state index in [0.717, 1.165) is 17.0 Å². The molecule has 192 valence electrons. The highest BCUT2D eigenvalue weighted by Crippen LogP contribution is 2.32. The van der Waals surface area contributed by atoms with Crippen molar-refractivity contribution in [2.75, 3.05) is 5.73 Å². The zero-order valence-electron chi connectivity index (χ0n) is 19.7. The number of hydrogen-bond donors (Lipinski definition) is 2. The number of aryl methyl sites for hydroxylation is 1. The van der Waals surface area contributed by atoms with Crippen LogP contribution in [0.15, 0.2) is 60.9 Å². The van der Waals surface area contributed by atoms with Crippen LogP contribution in [0.3, 0.4) is 0 Å². The standard InChI is InChI=1S/C25H18ClF3N8O/c1-37-8-6-18(36-37)21-20(14-4-5-17-13(9-14)3-2-7-31-17)34-22(23(30)35-21)24(38)32-12-16-10-15(25(27,28)29)11-19(26)33-16/h2-11H,12H2,1H3,(H2,30,35)(H,32,38). The predicted octanol–water partition coefficient (Wildman–Crippen LogP) is 4.67. The quantitative estimate of drug-likeness (QED) is 0.311. The molecule has 0 aliphatic carbocycles. The molecular weight excluding hydrogens is 521 g/mol. The Morgan fingerprint density at radius 2 is 1.89 bits per heavy atom. The number of alkyl halides is 3. The minimum Gasteiger partial charge on any atom is -0.382 e. The molecule has 0 spiro atoms. The van der Waals surface area contributed by atoms with Gasteiger partial charge in [-0.15, -0.1) is 0 Å². The van der Waals surface area contributed by atoms with Crippen LogP contribution < -0.4 is 11.1 Å². The van der Waals surface area contributed by atoms with E-state index in [9.17, 15) is 18.0 Å². The summed E-state index contributed by atoms with van der Waals surface area (Å²) in [6.45, 7) is -0.345. The number of nitrogen functional groups attached to an aromatic ring is 1. The summed E-state index contributed by atoms with van der Waals surface area (Å²) in [4.78, 5) is 30.2. The molecule has 0 atom stereocenters. The fourth-order valence-electron chi connectivity index (χ4n) is 3.82. The molecule has 0 saturated carbocycles. The van der Waals surface area contributed by atoms with Crippen molar-refractivity contribution in [3.8, 4) is 22.6 Å². The van der Waals surface area contributed by atoms with Gasteiger partial charge in [-0.2, -0.15) is 18.3 Å². The van der Waals surface area contributed by atoms with E-state index in [1.165, 1.54) is 0 Å². The Hall–Kier alpha value is -4.58. The minimum atomic E-state index is -4.62. The van der Waals surface area contributed by atoms with E-state index < -0.39 is 17.6 Å². The Kier molecular flexibility index (Phi) is 6.41. The van der Waals surface area contributed by atoms with Crippen LogP contribution in [0.4, 0.5) is 19.0 Å². The lowest BCUT2D eigenvalue weighted by Gasteiger charge is -2.13. The second-order valence-corrected chi connectivity index (χ2v) is 8.68. The first-order valence-corrected chi connectivity index (χ1v) is 11.5. The minimum absolute atomic E-state index is 0.0861. The normalized spacial score (nSPS) is 11.6. The maximum absolute atomic E-state index is 13.1. The van der Waals surface area contributed by atoms with Crippen molar-refractivity contribution in [2.24, 2.45) is 7.05 Å². The summed E-state index contributed by atoms with van der Waals surface area (Å²) in [7, 11) is 1.75. The Morgan fingerprint density at radius 3 is 2.63 bits per heavy atom. The highest BCUT2D eigenvalue weighted by molar-refractivity contribution is 6.29. The predicted molar refractivity (Wildman–Crippen MR) is 135 cm³/mol. The van der Waals surface area contributed by atoms with Crippen molar-refractivity contribution in [1.29, 1.82) is 0 Å². The number of fused-ring (bicyclic) bond motifs is 1. The van der Waals surface area contributed by atoms with Crippen molar-refractivity contribution in [3.63, 3.8) is 0 Å². The van der Waals surface area contributed by atoms with E-state index in [-0.39, 0.29) is 28.9 Å². The van der Waals surface area contributed by atoms with Crippen molar-refractivity contribution in [1.82, 2.24) is 35.0 Å². The van der Waals surface area contributed by atoms with Gasteiger partial charge in [0, 0.05) is 30.4 Å². The highest BCUT2D eigenvalue weighted by atomic mass is 35.5.